The lowest BCUT2D eigenvalue weighted by molar-refractivity contribution is 0.733. The van der Waals surface area contributed by atoms with Crippen LogP contribution in [0.1, 0.15) is 49.1 Å². The third kappa shape index (κ3) is 3.33. The first-order valence-electron chi connectivity index (χ1n) is 10.0. The largest absolute Gasteiger partial charge is 0.355 e. The summed E-state index contributed by atoms with van der Waals surface area (Å²) in [6.45, 7) is 15.2. The van der Waals surface area contributed by atoms with Crippen molar-refractivity contribution in [3.05, 3.63) is 40.8 Å². The Kier molecular flexibility index (Phi) is 5.54. The van der Waals surface area contributed by atoms with E-state index in [0.29, 0.717) is 0 Å². The number of aryl methyl sites for hydroxylation is 4. The summed E-state index contributed by atoms with van der Waals surface area (Å²) >= 11 is 0. The van der Waals surface area contributed by atoms with Crippen LogP contribution in [0.3, 0.4) is 0 Å². The Bertz CT molecular complexity index is 939. The predicted octanol–water partition coefficient (Wildman–Crippen LogP) is 5.50. The minimum Gasteiger partial charge on any atom is -0.355 e. The van der Waals surface area contributed by atoms with Gasteiger partial charge in [0.15, 0.2) is 5.82 Å². The van der Waals surface area contributed by atoms with Gasteiger partial charge in [-0.2, -0.15) is 0 Å². The summed E-state index contributed by atoms with van der Waals surface area (Å²) in [7, 11) is 2.14. The van der Waals surface area contributed by atoms with Crippen LogP contribution in [-0.2, 0) is 7.05 Å². The summed E-state index contributed by atoms with van der Waals surface area (Å²) in [6, 6.07) is 4.53. The van der Waals surface area contributed by atoms with E-state index in [2.05, 4.69) is 70.2 Å². The van der Waals surface area contributed by atoms with E-state index in [-0.39, 0.29) is 0 Å². The highest BCUT2D eigenvalue weighted by atomic mass is 15.2. The molecule has 1 aromatic carbocycles. The van der Waals surface area contributed by atoms with Gasteiger partial charge in [-0.1, -0.05) is 31.5 Å². The van der Waals surface area contributed by atoms with Gasteiger partial charge in [-0.15, -0.1) is 0 Å². The van der Waals surface area contributed by atoms with Crippen molar-refractivity contribution < 1.29 is 0 Å². The Hall–Kier alpha value is -2.36. The van der Waals surface area contributed by atoms with Crippen molar-refractivity contribution in [2.75, 3.05) is 18.0 Å². The number of hydrogen-bond acceptors (Lipinski definition) is 3. The van der Waals surface area contributed by atoms with E-state index in [1.54, 1.807) is 6.33 Å². The molecule has 0 aliphatic carbocycles. The summed E-state index contributed by atoms with van der Waals surface area (Å²) < 4.78 is 2.27. The molecule has 0 unspecified atom stereocenters. The molecule has 2 aromatic heterocycles. The molecule has 4 nitrogen and oxygen atoms in total. The lowest BCUT2D eigenvalue weighted by atomic mass is 9.93. The minimum atomic E-state index is 1.02. The van der Waals surface area contributed by atoms with Crippen molar-refractivity contribution in [2.24, 2.45) is 7.05 Å². The first-order chi connectivity index (χ1) is 12.9. The number of nitrogens with zero attached hydrogens (tertiary/aromatic N) is 4. The van der Waals surface area contributed by atoms with Gasteiger partial charge in [-0.3, -0.25) is 0 Å². The summed E-state index contributed by atoms with van der Waals surface area (Å²) in [4.78, 5) is 11.9. The third-order valence-electron chi connectivity index (χ3n) is 5.45. The fourth-order valence-corrected chi connectivity index (χ4v) is 4.34. The van der Waals surface area contributed by atoms with Crippen LogP contribution < -0.4 is 4.90 Å². The Morgan fingerprint density at radius 3 is 2.04 bits per heavy atom. The zero-order valence-electron chi connectivity index (χ0n) is 17.8. The molecule has 0 atom stereocenters. The molecule has 3 rings (SSSR count). The zero-order valence-corrected chi connectivity index (χ0v) is 17.8. The van der Waals surface area contributed by atoms with Gasteiger partial charge >= 0.3 is 0 Å². The van der Waals surface area contributed by atoms with E-state index in [9.17, 15) is 0 Å². The maximum atomic E-state index is 4.75. The van der Waals surface area contributed by atoms with E-state index in [0.717, 1.165) is 42.8 Å². The first-order valence-corrected chi connectivity index (χ1v) is 10.0. The number of aromatic nitrogens is 3. The lowest BCUT2D eigenvalue weighted by Crippen LogP contribution is -2.26. The molecule has 144 valence electrons. The molecule has 0 saturated heterocycles. The molecule has 4 heteroatoms. The van der Waals surface area contributed by atoms with Crippen LogP contribution in [0.5, 0.6) is 0 Å². The molecule has 27 heavy (non-hydrogen) atoms. The molecule has 0 fully saturated rings. The molecule has 2 heterocycles. The number of hydrogen-bond donors (Lipinski definition) is 0. The van der Waals surface area contributed by atoms with Crippen LogP contribution in [0.4, 0.5) is 5.82 Å². The number of fused-ring (bicyclic) bond motifs is 1. The Labute approximate surface area is 163 Å². The smallest absolute Gasteiger partial charge is 0.156 e. The maximum Gasteiger partial charge on any atom is 0.156 e. The molecule has 3 aromatic rings. The summed E-state index contributed by atoms with van der Waals surface area (Å²) in [6.07, 6.45) is 3.95. The van der Waals surface area contributed by atoms with Gasteiger partial charge in [0.05, 0.1) is 0 Å². The van der Waals surface area contributed by atoms with Crippen LogP contribution in [-0.4, -0.2) is 27.6 Å². The predicted molar refractivity (Wildman–Crippen MR) is 116 cm³/mol. The van der Waals surface area contributed by atoms with E-state index in [4.69, 9.17) is 9.97 Å². The van der Waals surface area contributed by atoms with Gasteiger partial charge in [0.1, 0.15) is 17.4 Å². The van der Waals surface area contributed by atoms with Crippen LogP contribution in [0.2, 0.25) is 0 Å². The van der Waals surface area contributed by atoms with Crippen LogP contribution in [0.15, 0.2) is 18.5 Å². The number of rotatable bonds is 6. The molecule has 0 amide bonds. The van der Waals surface area contributed by atoms with Crippen molar-refractivity contribution in [2.45, 2.75) is 54.4 Å². The Balaban J connectivity index is 2.32. The number of benzene rings is 1. The highest BCUT2D eigenvalue weighted by Gasteiger charge is 2.23. The van der Waals surface area contributed by atoms with E-state index in [1.807, 2.05) is 0 Å². The molecule has 0 radical (unpaired) electrons. The molecule has 0 saturated carbocycles. The van der Waals surface area contributed by atoms with Crippen molar-refractivity contribution in [3.8, 4) is 11.1 Å². The lowest BCUT2D eigenvalue weighted by Gasteiger charge is -2.23. The standard InChI is InChI=1S/C23H32N4/c1-8-10-27(11-9-2)23-22-21(24-14-25-23)20(18(6)26(22)7)19-16(4)12-15(3)13-17(19)5/h12-14H,8-11H2,1-7H3. The van der Waals surface area contributed by atoms with Gasteiger partial charge in [0.25, 0.3) is 0 Å². The van der Waals surface area contributed by atoms with Gasteiger partial charge in [-0.05, 0) is 57.2 Å². The number of anilines is 1. The van der Waals surface area contributed by atoms with Crippen LogP contribution in [0.25, 0.3) is 22.2 Å². The minimum absolute atomic E-state index is 1.02. The fraction of sp³-hybridized carbons (Fsp3) is 0.478. The van der Waals surface area contributed by atoms with Crippen molar-refractivity contribution in [3.63, 3.8) is 0 Å². The molecule has 0 bridgehead atoms. The molecule has 0 aliphatic heterocycles. The van der Waals surface area contributed by atoms with Crippen molar-refractivity contribution in [1.29, 1.82) is 0 Å². The first kappa shape index (κ1) is 19.4. The normalized spacial score (nSPS) is 11.4. The van der Waals surface area contributed by atoms with Gasteiger partial charge in [-0.25, -0.2) is 9.97 Å². The monoisotopic (exact) mass is 364 g/mol. The summed E-state index contributed by atoms with van der Waals surface area (Å²) in [5.41, 5.74) is 9.93. The highest BCUT2D eigenvalue weighted by molar-refractivity contribution is 6.01. The molecular weight excluding hydrogens is 332 g/mol. The zero-order chi connectivity index (χ0) is 19.7. The quantitative estimate of drug-likeness (QED) is 0.579. The average Bonchev–Trinajstić information content (AvgIpc) is 2.86. The van der Waals surface area contributed by atoms with Gasteiger partial charge < -0.3 is 9.47 Å². The second-order valence-corrected chi connectivity index (χ2v) is 7.67. The highest BCUT2D eigenvalue weighted by Crippen LogP contribution is 2.39. The second kappa shape index (κ2) is 7.71. The topological polar surface area (TPSA) is 34.0 Å². The average molecular weight is 365 g/mol. The maximum absolute atomic E-state index is 4.75. The second-order valence-electron chi connectivity index (χ2n) is 7.67. The summed E-state index contributed by atoms with van der Waals surface area (Å²) in [5.74, 6) is 1.06. The van der Waals surface area contributed by atoms with Crippen LogP contribution >= 0.6 is 0 Å². The van der Waals surface area contributed by atoms with Gasteiger partial charge in [0.2, 0.25) is 0 Å². The molecule has 0 aliphatic rings. The summed E-state index contributed by atoms with van der Waals surface area (Å²) in [5, 5.41) is 0. The Morgan fingerprint density at radius 1 is 0.889 bits per heavy atom. The van der Waals surface area contributed by atoms with E-state index < -0.39 is 0 Å². The Morgan fingerprint density at radius 2 is 1.48 bits per heavy atom. The SMILES string of the molecule is CCCN(CCC)c1ncnc2c(-c3c(C)cc(C)cc3C)c(C)n(C)c12. The van der Waals surface area contributed by atoms with Crippen molar-refractivity contribution >= 4 is 16.9 Å². The van der Waals surface area contributed by atoms with Crippen LogP contribution in [0, 0.1) is 27.7 Å². The fourth-order valence-electron chi connectivity index (χ4n) is 4.34. The van der Waals surface area contributed by atoms with E-state index in [1.165, 1.54) is 33.5 Å². The molecular formula is C23H32N4. The molecule has 0 N–H and O–H groups in total. The van der Waals surface area contributed by atoms with E-state index >= 15 is 0 Å². The third-order valence-corrected chi connectivity index (χ3v) is 5.45. The van der Waals surface area contributed by atoms with Gasteiger partial charge in [0, 0.05) is 31.4 Å². The van der Waals surface area contributed by atoms with Crippen molar-refractivity contribution in [1.82, 2.24) is 14.5 Å². The molecule has 0 spiro atoms.